The van der Waals surface area contributed by atoms with Crippen LogP contribution in [0.5, 0.6) is 0 Å². The number of rotatable bonds is 11. The maximum absolute atomic E-state index is 11.9. The van der Waals surface area contributed by atoms with E-state index in [0.29, 0.717) is 11.1 Å². The van der Waals surface area contributed by atoms with E-state index in [4.69, 9.17) is 9.47 Å². The molecule has 176 valence electrons. The Hall–Kier alpha value is -3.66. The fourth-order valence-electron chi connectivity index (χ4n) is 4.34. The predicted octanol–water partition coefficient (Wildman–Crippen LogP) is 6.73. The minimum atomic E-state index is -0.335. The zero-order valence-corrected chi connectivity index (χ0v) is 19.9. The molecule has 0 saturated heterocycles. The van der Waals surface area contributed by atoms with E-state index in [-0.39, 0.29) is 23.8 Å². The van der Waals surface area contributed by atoms with Gasteiger partial charge < -0.3 is 9.47 Å². The first-order valence-electron chi connectivity index (χ1n) is 11.6. The Labute approximate surface area is 202 Å². The summed E-state index contributed by atoms with van der Waals surface area (Å²) < 4.78 is 9.67. The number of carbonyl (C=O) groups excluding carboxylic acids is 2. The van der Waals surface area contributed by atoms with Gasteiger partial charge >= 0.3 is 11.9 Å². The minimum Gasteiger partial charge on any atom is -0.465 e. The molecule has 0 aromatic heterocycles. The van der Waals surface area contributed by atoms with Crippen LogP contribution in [0.1, 0.15) is 68.5 Å². The largest absolute Gasteiger partial charge is 0.465 e. The lowest BCUT2D eigenvalue weighted by Gasteiger charge is -2.24. The molecular formula is C30H32O4. The first-order valence-corrected chi connectivity index (χ1v) is 11.6. The van der Waals surface area contributed by atoms with E-state index in [1.54, 1.807) is 0 Å². The van der Waals surface area contributed by atoms with Crippen LogP contribution in [0.4, 0.5) is 0 Å². The van der Waals surface area contributed by atoms with Crippen molar-refractivity contribution in [3.8, 4) is 0 Å². The number of ether oxygens (including phenoxy) is 2. The maximum Gasteiger partial charge on any atom is 0.337 e. The van der Waals surface area contributed by atoms with Crippen molar-refractivity contribution >= 4 is 11.9 Å². The van der Waals surface area contributed by atoms with Crippen molar-refractivity contribution in [3.63, 3.8) is 0 Å². The van der Waals surface area contributed by atoms with Crippen LogP contribution in [0.2, 0.25) is 0 Å². The molecule has 2 atom stereocenters. The van der Waals surface area contributed by atoms with Crippen molar-refractivity contribution < 1.29 is 19.1 Å². The Morgan fingerprint density at radius 1 is 0.765 bits per heavy atom. The molecule has 3 aromatic carbocycles. The molecule has 0 aliphatic rings. The molecule has 0 N–H and O–H groups in total. The Morgan fingerprint density at radius 2 is 1.26 bits per heavy atom. The molecular weight excluding hydrogens is 424 g/mol. The van der Waals surface area contributed by atoms with Crippen LogP contribution in [0.25, 0.3) is 0 Å². The SMILES string of the molecule is C=CCC(CC(CCc1ccccc1)c1ccc(C(=O)OC)cc1)c1ccc(C(=O)OC)cc1. The summed E-state index contributed by atoms with van der Waals surface area (Å²) in [6.45, 7) is 3.97. The molecule has 3 rings (SSSR count). The van der Waals surface area contributed by atoms with E-state index >= 15 is 0 Å². The zero-order chi connectivity index (χ0) is 24.3. The lowest BCUT2D eigenvalue weighted by Crippen LogP contribution is -2.09. The van der Waals surface area contributed by atoms with E-state index in [2.05, 4.69) is 30.8 Å². The van der Waals surface area contributed by atoms with Crippen LogP contribution in [0.3, 0.4) is 0 Å². The maximum atomic E-state index is 11.9. The number of hydrogen-bond donors (Lipinski definition) is 0. The molecule has 0 saturated carbocycles. The molecule has 0 bridgehead atoms. The third kappa shape index (κ3) is 6.67. The van der Waals surface area contributed by atoms with Crippen molar-refractivity contribution in [3.05, 3.63) is 119 Å². The number of methoxy groups -OCH3 is 2. The van der Waals surface area contributed by atoms with Crippen LogP contribution in [-0.2, 0) is 15.9 Å². The number of esters is 2. The van der Waals surface area contributed by atoms with E-state index in [0.717, 1.165) is 25.7 Å². The van der Waals surface area contributed by atoms with Crippen LogP contribution in [0, 0.1) is 0 Å². The first-order chi connectivity index (χ1) is 16.5. The van der Waals surface area contributed by atoms with Gasteiger partial charge in [-0.2, -0.15) is 0 Å². The van der Waals surface area contributed by atoms with E-state index in [1.807, 2.05) is 60.7 Å². The molecule has 0 heterocycles. The van der Waals surface area contributed by atoms with Crippen molar-refractivity contribution in [2.24, 2.45) is 0 Å². The lowest BCUT2D eigenvalue weighted by atomic mass is 9.80. The standard InChI is InChI=1S/C30H32O4/c1-4-8-27(23-13-17-25(18-14-23)29(31)33-2)21-28(12-11-22-9-6-5-7-10-22)24-15-19-26(20-16-24)30(32)34-3/h4-7,9-10,13-20,27-28H,1,8,11-12,21H2,2-3H3. The van der Waals surface area contributed by atoms with Gasteiger partial charge in [0.25, 0.3) is 0 Å². The van der Waals surface area contributed by atoms with Crippen LogP contribution >= 0.6 is 0 Å². The molecule has 0 aliphatic heterocycles. The predicted molar refractivity (Wildman–Crippen MR) is 135 cm³/mol. The zero-order valence-electron chi connectivity index (χ0n) is 19.9. The second-order valence-electron chi connectivity index (χ2n) is 8.41. The Morgan fingerprint density at radius 3 is 1.74 bits per heavy atom. The summed E-state index contributed by atoms with van der Waals surface area (Å²) in [4.78, 5) is 23.7. The van der Waals surface area contributed by atoms with Gasteiger partial charge in [-0.3, -0.25) is 0 Å². The molecule has 0 amide bonds. The number of benzene rings is 3. The third-order valence-corrected chi connectivity index (χ3v) is 6.25. The highest BCUT2D eigenvalue weighted by Gasteiger charge is 2.20. The Balaban J connectivity index is 1.85. The van der Waals surface area contributed by atoms with Gasteiger partial charge in [0, 0.05) is 0 Å². The molecule has 4 nitrogen and oxygen atoms in total. The summed E-state index contributed by atoms with van der Waals surface area (Å²) in [5, 5.41) is 0. The highest BCUT2D eigenvalue weighted by atomic mass is 16.5. The fourth-order valence-corrected chi connectivity index (χ4v) is 4.34. The average molecular weight is 457 g/mol. The molecule has 0 radical (unpaired) electrons. The van der Waals surface area contributed by atoms with Crippen LogP contribution in [0.15, 0.2) is 91.5 Å². The van der Waals surface area contributed by atoms with Crippen LogP contribution in [-0.4, -0.2) is 26.2 Å². The van der Waals surface area contributed by atoms with Gasteiger partial charge in [-0.15, -0.1) is 6.58 Å². The summed E-state index contributed by atoms with van der Waals surface area (Å²) in [6.07, 6.45) is 5.66. The normalized spacial score (nSPS) is 12.4. The molecule has 0 spiro atoms. The van der Waals surface area contributed by atoms with E-state index < -0.39 is 0 Å². The quantitative estimate of drug-likeness (QED) is 0.237. The fraction of sp³-hybridized carbons (Fsp3) is 0.267. The molecule has 0 fully saturated rings. The molecule has 2 unspecified atom stereocenters. The summed E-state index contributed by atoms with van der Waals surface area (Å²) in [7, 11) is 2.78. The summed E-state index contributed by atoms with van der Waals surface area (Å²) >= 11 is 0. The minimum absolute atomic E-state index is 0.255. The Bertz CT molecular complexity index is 1070. The number of hydrogen-bond acceptors (Lipinski definition) is 4. The lowest BCUT2D eigenvalue weighted by molar-refractivity contribution is 0.0592. The first kappa shape index (κ1) is 25.0. The van der Waals surface area contributed by atoms with Crippen molar-refractivity contribution in [1.29, 1.82) is 0 Å². The summed E-state index contributed by atoms with van der Waals surface area (Å²) in [6, 6.07) is 25.9. The van der Waals surface area contributed by atoms with Crippen LogP contribution < -0.4 is 0 Å². The highest BCUT2D eigenvalue weighted by Crippen LogP contribution is 2.36. The van der Waals surface area contributed by atoms with Crippen molar-refractivity contribution in [2.45, 2.75) is 37.5 Å². The third-order valence-electron chi connectivity index (χ3n) is 6.25. The van der Waals surface area contributed by atoms with Gasteiger partial charge in [-0.1, -0.05) is 60.7 Å². The van der Waals surface area contributed by atoms with E-state index in [9.17, 15) is 9.59 Å². The van der Waals surface area contributed by atoms with E-state index in [1.165, 1.54) is 30.9 Å². The van der Waals surface area contributed by atoms with Gasteiger partial charge in [0.1, 0.15) is 0 Å². The molecule has 0 aliphatic carbocycles. The summed E-state index contributed by atoms with van der Waals surface area (Å²) in [5.74, 6) is -0.122. The van der Waals surface area contributed by atoms with Crippen molar-refractivity contribution in [2.75, 3.05) is 14.2 Å². The number of carbonyl (C=O) groups is 2. The topological polar surface area (TPSA) is 52.6 Å². The summed E-state index contributed by atoms with van der Waals surface area (Å²) in [5.41, 5.74) is 4.77. The van der Waals surface area contributed by atoms with Gasteiger partial charge in [0.15, 0.2) is 0 Å². The van der Waals surface area contributed by atoms with Gasteiger partial charge in [0.05, 0.1) is 25.3 Å². The second-order valence-corrected chi connectivity index (χ2v) is 8.41. The Kier molecular flexibility index (Phi) is 9.21. The van der Waals surface area contributed by atoms with Gasteiger partial charge in [0.2, 0.25) is 0 Å². The smallest absolute Gasteiger partial charge is 0.337 e. The second kappa shape index (κ2) is 12.5. The van der Waals surface area contributed by atoms with Gasteiger partial charge in [-0.25, -0.2) is 9.59 Å². The molecule has 4 heteroatoms. The number of aryl methyl sites for hydroxylation is 1. The molecule has 3 aromatic rings. The highest BCUT2D eigenvalue weighted by molar-refractivity contribution is 5.89. The number of allylic oxidation sites excluding steroid dienone is 1. The average Bonchev–Trinajstić information content (AvgIpc) is 2.90. The molecule has 34 heavy (non-hydrogen) atoms. The monoisotopic (exact) mass is 456 g/mol. The van der Waals surface area contributed by atoms with Gasteiger partial charge in [-0.05, 0) is 78.5 Å². The van der Waals surface area contributed by atoms with Crippen molar-refractivity contribution in [1.82, 2.24) is 0 Å².